The highest BCUT2D eigenvalue weighted by Crippen LogP contribution is 2.15. The van der Waals surface area contributed by atoms with Crippen molar-refractivity contribution in [3.8, 4) is 0 Å². The van der Waals surface area contributed by atoms with Gasteiger partial charge in [-0.25, -0.2) is 0 Å². The van der Waals surface area contributed by atoms with E-state index in [4.69, 9.17) is 11.6 Å². The van der Waals surface area contributed by atoms with Gasteiger partial charge >= 0.3 is 0 Å². The van der Waals surface area contributed by atoms with Gasteiger partial charge in [-0.2, -0.15) is 5.10 Å². The first kappa shape index (κ1) is 17.3. The molecule has 0 unspecified atom stereocenters. The number of nitrogens with one attached hydrogen (secondary N) is 2. The largest absolute Gasteiger partial charge is 0.351 e. The van der Waals surface area contributed by atoms with Gasteiger partial charge in [0.2, 0.25) is 5.84 Å². The third-order valence-electron chi connectivity index (χ3n) is 4.03. The molecule has 1 aliphatic rings. The van der Waals surface area contributed by atoms with E-state index < -0.39 is 0 Å². The fraction of sp³-hybridized carbons (Fsp3) is 0.263. The maximum Gasteiger partial charge on any atom is 0.293 e. The molecular weight excluding hydrogens is 336 g/mol. The molecule has 1 fully saturated rings. The molecule has 3 rings (SSSR count). The zero-order valence-electron chi connectivity index (χ0n) is 13.9. The third-order valence-corrected chi connectivity index (χ3v) is 4.28. The molecule has 1 saturated heterocycles. The molecule has 5 nitrogen and oxygen atoms in total. The van der Waals surface area contributed by atoms with E-state index in [0.717, 1.165) is 37.3 Å². The number of hydrogen-bond donors (Lipinski definition) is 2. The fourth-order valence-electron chi connectivity index (χ4n) is 2.72. The summed E-state index contributed by atoms with van der Waals surface area (Å²) in [5.74, 6) is 0.188. The van der Waals surface area contributed by atoms with E-state index >= 15 is 0 Å². The molecule has 0 atom stereocenters. The van der Waals surface area contributed by atoms with Crippen molar-refractivity contribution >= 4 is 34.7 Å². The summed E-state index contributed by atoms with van der Waals surface area (Å²) in [6, 6.07) is 16.6. The average molecular weight is 357 g/mol. The Morgan fingerprint density at radius 3 is 2.28 bits per heavy atom. The van der Waals surface area contributed by atoms with Gasteiger partial charge in [0.05, 0.1) is 5.69 Å². The van der Waals surface area contributed by atoms with E-state index in [2.05, 4.69) is 15.8 Å². The molecule has 2 N–H and O–H groups in total. The number of likely N-dealkylation sites (tertiary alicyclic amines) is 1. The van der Waals surface area contributed by atoms with Crippen LogP contribution in [0.2, 0.25) is 5.02 Å². The van der Waals surface area contributed by atoms with Crippen LogP contribution in [-0.2, 0) is 4.79 Å². The zero-order valence-corrected chi connectivity index (χ0v) is 14.7. The quantitative estimate of drug-likeness (QED) is 0.492. The minimum atomic E-state index is -0.213. The summed E-state index contributed by atoms with van der Waals surface area (Å²) in [6.45, 7) is 1.67. The smallest absolute Gasteiger partial charge is 0.293 e. The molecule has 2 aromatic rings. The Labute approximate surface area is 152 Å². The topological polar surface area (TPSA) is 56.7 Å². The number of piperidine rings is 1. The van der Waals surface area contributed by atoms with Gasteiger partial charge in [0.15, 0.2) is 0 Å². The molecule has 130 valence electrons. The van der Waals surface area contributed by atoms with E-state index in [1.165, 1.54) is 6.42 Å². The maximum atomic E-state index is 12.7. The summed E-state index contributed by atoms with van der Waals surface area (Å²) in [5, 5.41) is 7.95. The number of nitrogens with zero attached hydrogens (tertiary/aromatic N) is 2. The number of rotatable bonds is 3. The van der Waals surface area contributed by atoms with Gasteiger partial charge in [0.1, 0.15) is 0 Å². The molecule has 6 heteroatoms. The highest BCUT2D eigenvalue weighted by molar-refractivity contribution is 6.42. The minimum Gasteiger partial charge on any atom is -0.351 e. The number of amidine groups is 1. The van der Waals surface area contributed by atoms with Crippen molar-refractivity contribution in [1.82, 2.24) is 4.90 Å². The van der Waals surface area contributed by atoms with Crippen molar-refractivity contribution in [1.29, 1.82) is 0 Å². The monoisotopic (exact) mass is 356 g/mol. The molecule has 0 aromatic heterocycles. The van der Waals surface area contributed by atoms with Crippen molar-refractivity contribution in [2.24, 2.45) is 5.10 Å². The lowest BCUT2D eigenvalue weighted by Gasteiger charge is -2.28. The van der Waals surface area contributed by atoms with Gasteiger partial charge in [-0.1, -0.05) is 29.8 Å². The molecule has 1 amide bonds. The molecule has 0 radical (unpaired) electrons. The van der Waals surface area contributed by atoms with Crippen molar-refractivity contribution in [2.75, 3.05) is 23.8 Å². The first-order valence-electron chi connectivity index (χ1n) is 8.43. The number of hydrazone groups is 1. The van der Waals surface area contributed by atoms with Crippen LogP contribution in [0.1, 0.15) is 19.3 Å². The van der Waals surface area contributed by atoms with Crippen molar-refractivity contribution in [2.45, 2.75) is 19.3 Å². The van der Waals surface area contributed by atoms with E-state index in [9.17, 15) is 4.79 Å². The Morgan fingerprint density at radius 1 is 0.920 bits per heavy atom. The summed E-state index contributed by atoms with van der Waals surface area (Å²) in [4.78, 5) is 14.8. The Bertz CT molecular complexity index is 725. The van der Waals surface area contributed by atoms with Crippen LogP contribution in [0.15, 0.2) is 59.7 Å². The normalized spacial score (nSPS) is 14.9. The number of amides is 1. The fourth-order valence-corrected chi connectivity index (χ4v) is 2.85. The van der Waals surface area contributed by atoms with Gasteiger partial charge in [-0.3, -0.25) is 10.2 Å². The number of halogens is 1. The van der Waals surface area contributed by atoms with Crippen LogP contribution in [0, 0.1) is 0 Å². The van der Waals surface area contributed by atoms with E-state index in [1.807, 2.05) is 47.4 Å². The number of anilines is 2. The Kier molecular flexibility index (Phi) is 5.90. The van der Waals surface area contributed by atoms with Gasteiger partial charge < -0.3 is 10.2 Å². The Morgan fingerprint density at radius 2 is 1.60 bits per heavy atom. The predicted molar refractivity (Wildman–Crippen MR) is 103 cm³/mol. The molecule has 1 heterocycles. The van der Waals surface area contributed by atoms with Gasteiger partial charge in [-0.15, -0.1) is 0 Å². The van der Waals surface area contributed by atoms with Crippen LogP contribution in [-0.4, -0.2) is 29.7 Å². The molecule has 0 aliphatic carbocycles. The second-order valence-corrected chi connectivity index (χ2v) is 6.36. The van der Waals surface area contributed by atoms with Gasteiger partial charge in [0, 0.05) is 23.8 Å². The Balaban J connectivity index is 1.77. The number of hydrogen-bond acceptors (Lipinski definition) is 3. The number of carbonyl (C=O) groups is 1. The summed E-state index contributed by atoms with van der Waals surface area (Å²) < 4.78 is 0. The summed E-state index contributed by atoms with van der Waals surface area (Å²) in [6.07, 6.45) is 3.33. The highest BCUT2D eigenvalue weighted by atomic mass is 35.5. The standard InChI is InChI=1S/C19H21ClN4O/c20-15-9-11-17(12-10-15)22-23-18(24-13-5-2-6-14-24)19(25)21-16-7-3-1-4-8-16/h1,3-4,7-12,22H,2,5-6,13-14H2,(H,21,25)/b23-18+. The van der Waals surface area contributed by atoms with Gasteiger partial charge in [-0.05, 0) is 55.7 Å². The second kappa shape index (κ2) is 8.53. The van der Waals surface area contributed by atoms with Crippen LogP contribution >= 0.6 is 11.6 Å². The molecule has 2 aromatic carbocycles. The lowest BCUT2D eigenvalue weighted by Crippen LogP contribution is -2.43. The first-order chi connectivity index (χ1) is 12.2. The van der Waals surface area contributed by atoms with Crippen molar-refractivity contribution in [3.05, 3.63) is 59.6 Å². The van der Waals surface area contributed by atoms with E-state index in [-0.39, 0.29) is 5.91 Å². The van der Waals surface area contributed by atoms with Crippen LogP contribution in [0.25, 0.3) is 0 Å². The predicted octanol–water partition coefficient (Wildman–Crippen LogP) is 4.19. The lowest BCUT2D eigenvalue weighted by molar-refractivity contribution is -0.111. The third kappa shape index (κ3) is 4.97. The molecule has 0 bridgehead atoms. The van der Waals surface area contributed by atoms with Crippen LogP contribution < -0.4 is 10.7 Å². The number of para-hydroxylation sites is 1. The molecule has 25 heavy (non-hydrogen) atoms. The molecule has 1 aliphatic heterocycles. The number of carbonyl (C=O) groups excluding carboxylic acids is 1. The summed E-state index contributed by atoms with van der Waals surface area (Å²) in [5.41, 5.74) is 4.50. The van der Waals surface area contributed by atoms with Crippen LogP contribution in [0.3, 0.4) is 0 Å². The molecule has 0 saturated carbocycles. The first-order valence-corrected chi connectivity index (χ1v) is 8.81. The highest BCUT2D eigenvalue weighted by Gasteiger charge is 2.22. The summed E-state index contributed by atoms with van der Waals surface area (Å²) in [7, 11) is 0. The van der Waals surface area contributed by atoms with Crippen molar-refractivity contribution < 1.29 is 4.79 Å². The zero-order chi connectivity index (χ0) is 17.5. The van der Waals surface area contributed by atoms with Crippen molar-refractivity contribution in [3.63, 3.8) is 0 Å². The maximum absolute atomic E-state index is 12.7. The van der Waals surface area contributed by atoms with Gasteiger partial charge in [0.25, 0.3) is 5.91 Å². The van der Waals surface area contributed by atoms with Crippen LogP contribution in [0.4, 0.5) is 11.4 Å². The average Bonchev–Trinajstić information content (AvgIpc) is 2.65. The number of benzene rings is 2. The van der Waals surface area contributed by atoms with E-state index in [0.29, 0.717) is 10.9 Å². The Hall–Kier alpha value is -2.53. The van der Waals surface area contributed by atoms with Crippen LogP contribution in [0.5, 0.6) is 0 Å². The molecular formula is C19H21ClN4O. The minimum absolute atomic E-state index is 0.213. The lowest BCUT2D eigenvalue weighted by atomic mass is 10.1. The summed E-state index contributed by atoms with van der Waals surface area (Å²) >= 11 is 5.90. The second-order valence-electron chi connectivity index (χ2n) is 5.92. The van der Waals surface area contributed by atoms with E-state index in [1.54, 1.807) is 12.1 Å². The molecule has 0 spiro atoms. The SMILES string of the molecule is O=C(Nc1ccccc1)/C(=N\Nc1ccc(Cl)cc1)N1CCCCC1.